The van der Waals surface area contributed by atoms with E-state index < -0.39 is 29.6 Å². The molecule has 4 aromatic rings. The van der Waals surface area contributed by atoms with Gasteiger partial charge in [-0.15, -0.1) is 5.10 Å². The molecule has 2 aromatic carbocycles. The molecule has 1 aliphatic heterocycles. The number of likely N-dealkylation sites (N-methyl/N-ethyl adjacent to an activating group) is 1. The number of carbonyl (C=O) groups excluding carboxylic acids is 3. The summed E-state index contributed by atoms with van der Waals surface area (Å²) in [7, 11) is 2.12. The van der Waals surface area contributed by atoms with Gasteiger partial charge < -0.3 is 24.7 Å². The van der Waals surface area contributed by atoms with Crippen LogP contribution in [0.4, 0.5) is 10.6 Å². The molecule has 0 aliphatic carbocycles. The first-order chi connectivity index (χ1) is 20.5. The first-order valence-electron chi connectivity index (χ1n) is 14.4. The number of nitrogens with zero attached hydrogens (tertiary/aromatic N) is 4. The second-order valence-electron chi connectivity index (χ2n) is 11.7. The molecule has 2 aromatic heterocycles. The largest absolute Gasteiger partial charge is 0.445 e. The molecule has 43 heavy (non-hydrogen) atoms. The second kappa shape index (κ2) is 12.4. The van der Waals surface area contributed by atoms with Crippen LogP contribution >= 0.6 is 0 Å². The molecule has 3 heterocycles. The van der Waals surface area contributed by atoms with Gasteiger partial charge in [-0.3, -0.25) is 14.5 Å². The summed E-state index contributed by atoms with van der Waals surface area (Å²) in [6.07, 6.45) is -1.17. The number of benzene rings is 2. The van der Waals surface area contributed by atoms with E-state index in [1.54, 1.807) is 26.0 Å². The number of hydrogen-bond donors (Lipinski definition) is 2. The Labute approximate surface area is 250 Å². The first-order valence-corrected chi connectivity index (χ1v) is 14.4. The summed E-state index contributed by atoms with van der Waals surface area (Å²) in [5, 5.41) is 9.98. The number of rotatable bonds is 8. The molecule has 1 aliphatic rings. The highest BCUT2D eigenvalue weighted by Crippen LogP contribution is 2.29. The minimum absolute atomic E-state index is 0.00332. The van der Waals surface area contributed by atoms with Crippen molar-refractivity contribution in [2.45, 2.75) is 45.9 Å². The fourth-order valence-electron chi connectivity index (χ4n) is 4.97. The van der Waals surface area contributed by atoms with Crippen LogP contribution in [0.3, 0.4) is 0 Å². The molecule has 0 radical (unpaired) electrons. The number of aromatic nitrogens is 2. The molecule has 0 atom stereocenters. The number of ether oxygens (including phenoxy) is 1. The van der Waals surface area contributed by atoms with Crippen LogP contribution in [-0.2, 0) is 16.8 Å². The number of anilines is 1. The molecule has 11 heteroatoms. The van der Waals surface area contributed by atoms with Crippen molar-refractivity contribution >= 4 is 34.8 Å². The smallest absolute Gasteiger partial charge is 0.435 e. The summed E-state index contributed by atoms with van der Waals surface area (Å²) in [4.78, 5) is 44.1. The minimum atomic E-state index is -0.758. The van der Waals surface area contributed by atoms with E-state index in [4.69, 9.17) is 9.15 Å². The lowest BCUT2D eigenvalue weighted by Gasteiger charge is -2.32. The van der Waals surface area contributed by atoms with E-state index in [1.165, 1.54) is 6.07 Å². The normalized spacial score (nSPS) is 14.7. The third kappa shape index (κ3) is 6.95. The van der Waals surface area contributed by atoms with Gasteiger partial charge in [0.05, 0.1) is 11.6 Å². The molecule has 0 bridgehead atoms. The summed E-state index contributed by atoms with van der Waals surface area (Å²) in [5.74, 6) is -0.945. The number of nitrogens with one attached hydrogen (secondary N) is 2. The summed E-state index contributed by atoms with van der Waals surface area (Å²) < 4.78 is 12.2. The quantitative estimate of drug-likeness (QED) is 0.305. The van der Waals surface area contributed by atoms with Crippen molar-refractivity contribution in [1.82, 2.24) is 24.9 Å². The van der Waals surface area contributed by atoms with Gasteiger partial charge in [0.1, 0.15) is 5.52 Å². The van der Waals surface area contributed by atoms with Crippen molar-refractivity contribution in [3.05, 3.63) is 83.1 Å². The van der Waals surface area contributed by atoms with E-state index in [2.05, 4.69) is 32.6 Å². The van der Waals surface area contributed by atoms with Crippen molar-refractivity contribution in [3.63, 3.8) is 0 Å². The Kier molecular flexibility index (Phi) is 8.65. The van der Waals surface area contributed by atoms with Crippen LogP contribution in [0.25, 0.3) is 11.1 Å². The highest BCUT2D eigenvalue weighted by molar-refractivity contribution is 6.08. The van der Waals surface area contributed by atoms with Crippen molar-refractivity contribution in [2.24, 2.45) is 0 Å². The molecule has 5 rings (SSSR count). The molecule has 0 unspecified atom stereocenters. The van der Waals surface area contributed by atoms with Crippen LogP contribution in [0.2, 0.25) is 0 Å². The molecule has 226 valence electrons. The third-order valence-corrected chi connectivity index (χ3v) is 7.46. The lowest BCUT2D eigenvalue weighted by molar-refractivity contribution is 0.0885. The monoisotopic (exact) mass is 586 g/mol. The summed E-state index contributed by atoms with van der Waals surface area (Å²) in [5.41, 5.74) is 2.03. The van der Waals surface area contributed by atoms with Crippen molar-refractivity contribution in [1.29, 1.82) is 0 Å². The Balaban J connectivity index is 1.36. The van der Waals surface area contributed by atoms with Gasteiger partial charge in [-0.1, -0.05) is 42.5 Å². The molecular weight excluding hydrogens is 548 g/mol. The van der Waals surface area contributed by atoms with E-state index in [0.29, 0.717) is 5.56 Å². The van der Waals surface area contributed by atoms with E-state index in [-0.39, 0.29) is 22.7 Å². The van der Waals surface area contributed by atoms with Crippen LogP contribution < -0.4 is 10.6 Å². The molecule has 1 saturated heterocycles. The van der Waals surface area contributed by atoms with Gasteiger partial charge in [0.2, 0.25) is 0 Å². The SMILES string of the molecule is CC(C)OC(=O)n1nc(NC(=O)c2ccc(CN3CCN(C)CC3)cc2)c2oc(C(=O)NC(C)(C)c3ccccc3)cc21. The topological polar surface area (TPSA) is 122 Å². The van der Waals surface area contributed by atoms with Crippen LogP contribution in [0, 0.1) is 0 Å². The van der Waals surface area contributed by atoms with Crippen LogP contribution in [0.1, 0.15) is 59.7 Å². The van der Waals surface area contributed by atoms with Gasteiger partial charge in [-0.2, -0.15) is 4.68 Å². The number of piperazine rings is 1. The Morgan fingerprint density at radius 3 is 2.30 bits per heavy atom. The molecule has 11 nitrogen and oxygen atoms in total. The molecule has 0 saturated carbocycles. The summed E-state index contributed by atoms with van der Waals surface area (Å²) in [6.45, 7) is 12.1. The van der Waals surface area contributed by atoms with Gasteiger partial charge in [0, 0.05) is 44.4 Å². The van der Waals surface area contributed by atoms with Gasteiger partial charge in [-0.05, 0) is 58.0 Å². The maximum atomic E-state index is 13.3. The molecule has 2 N–H and O–H groups in total. The Morgan fingerprint density at radius 1 is 0.977 bits per heavy atom. The predicted octanol–water partition coefficient (Wildman–Crippen LogP) is 4.69. The zero-order valence-corrected chi connectivity index (χ0v) is 25.2. The first kappa shape index (κ1) is 30.0. The van der Waals surface area contributed by atoms with Crippen LogP contribution in [-0.4, -0.2) is 76.8 Å². The van der Waals surface area contributed by atoms with Crippen molar-refractivity contribution in [2.75, 3.05) is 38.5 Å². The van der Waals surface area contributed by atoms with Gasteiger partial charge in [0.15, 0.2) is 17.2 Å². The lowest BCUT2D eigenvalue weighted by Crippen LogP contribution is -2.43. The lowest BCUT2D eigenvalue weighted by atomic mass is 9.94. The highest BCUT2D eigenvalue weighted by Gasteiger charge is 2.29. The number of hydrogen-bond acceptors (Lipinski definition) is 8. The standard InChI is InChI=1S/C32H38N6O5/c1-21(2)42-31(41)38-25-19-26(30(40)34-32(3,4)24-9-7-6-8-10-24)43-27(25)28(35-38)33-29(39)23-13-11-22(12-14-23)20-37-17-15-36(5)16-18-37/h6-14,19,21H,15-18,20H2,1-5H3,(H,34,40)(H,33,35,39). The van der Waals surface area contributed by atoms with Gasteiger partial charge >= 0.3 is 6.09 Å². The van der Waals surface area contributed by atoms with E-state index in [9.17, 15) is 14.4 Å². The fraction of sp³-hybridized carbons (Fsp3) is 0.375. The van der Waals surface area contributed by atoms with Crippen LogP contribution in [0.5, 0.6) is 0 Å². The summed E-state index contributed by atoms with van der Waals surface area (Å²) >= 11 is 0. The number of amides is 2. The summed E-state index contributed by atoms with van der Waals surface area (Å²) in [6, 6.07) is 18.4. The van der Waals surface area contributed by atoms with Gasteiger partial charge in [0.25, 0.3) is 11.8 Å². The average Bonchev–Trinajstić information content (AvgIpc) is 3.55. The number of fused-ring (bicyclic) bond motifs is 1. The number of carbonyl (C=O) groups is 3. The zero-order valence-electron chi connectivity index (χ0n) is 25.2. The maximum absolute atomic E-state index is 13.3. The van der Waals surface area contributed by atoms with Crippen molar-refractivity contribution < 1.29 is 23.5 Å². The molecule has 1 fully saturated rings. The molecule has 0 spiro atoms. The van der Waals surface area contributed by atoms with Crippen LogP contribution in [0.15, 0.2) is 65.1 Å². The second-order valence-corrected chi connectivity index (χ2v) is 11.7. The van der Waals surface area contributed by atoms with E-state index >= 15 is 0 Å². The maximum Gasteiger partial charge on any atom is 0.435 e. The van der Waals surface area contributed by atoms with E-state index in [1.807, 2.05) is 56.3 Å². The number of furan rings is 1. The predicted molar refractivity (Wildman–Crippen MR) is 163 cm³/mol. The highest BCUT2D eigenvalue weighted by atomic mass is 16.6. The third-order valence-electron chi connectivity index (χ3n) is 7.46. The Bertz CT molecular complexity index is 1600. The van der Waals surface area contributed by atoms with E-state index in [0.717, 1.165) is 48.5 Å². The fourth-order valence-corrected chi connectivity index (χ4v) is 4.97. The Morgan fingerprint density at radius 2 is 1.65 bits per heavy atom. The molecular formula is C32H38N6O5. The van der Waals surface area contributed by atoms with Crippen molar-refractivity contribution in [3.8, 4) is 0 Å². The van der Waals surface area contributed by atoms with Gasteiger partial charge in [-0.25, -0.2) is 4.79 Å². The zero-order chi connectivity index (χ0) is 30.7. The molecule has 2 amide bonds. The average molecular weight is 587 g/mol. The minimum Gasteiger partial charge on any atom is -0.445 e. The Hall–Kier alpha value is -4.48.